The summed E-state index contributed by atoms with van der Waals surface area (Å²) in [7, 11) is 1.95. The third-order valence-corrected chi connectivity index (χ3v) is 3.50. The summed E-state index contributed by atoms with van der Waals surface area (Å²) in [5, 5.41) is 13.2. The van der Waals surface area contributed by atoms with Crippen LogP contribution in [0.2, 0.25) is 0 Å². The van der Waals surface area contributed by atoms with Crippen molar-refractivity contribution in [3.05, 3.63) is 35.1 Å². The maximum atomic E-state index is 12.9. The molecule has 0 bridgehead atoms. The highest BCUT2D eigenvalue weighted by Gasteiger charge is 2.07. The van der Waals surface area contributed by atoms with Gasteiger partial charge >= 0.3 is 0 Å². The van der Waals surface area contributed by atoms with Crippen LogP contribution in [-0.4, -0.2) is 23.8 Å². The first-order valence-corrected chi connectivity index (χ1v) is 7.03. The lowest BCUT2D eigenvalue weighted by molar-refractivity contribution is 0.627. The molecule has 0 unspecified atom stereocenters. The van der Waals surface area contributed by atoms with Gasteiger partial charge in [0.05, 0.1) is 6.54 Å². The normalized spacial score (nSPS) is 10.5. The lowest BCUT2D eigenvalue weighted by atomic mass is 10.3. The molecule has 0 atom stereocenters. The molecule has 4 nitrogen and oxygen atoms in total. The maximum Gasteiger partial charge on any atom is 0.205 e. The molecule has 102 valence electrons. The minimum absolute atomic E-state index is 0.223. The van der Waals surface area contributed by atoms with Gasteiger partial charge in [0.25, 0.3) is 0 Å². The smallest absolute Gasteiger partial charge is 0.205 e. The van der Waals surface area contributed by atoms with Crippen LogP contribution in [0.25, 0.3) is 0 Å². The van der Waals surface area contributed by atoms with E-state index in [4.69, 9.17) is 0 Å². The number of hydrogen-bond donors (Lipinski definition) is 1. The lowest BCUT2D eigenvalue weighted by Gasteiger charge is -2.17. The van der Waals surface area contributed by atoms with Crippen LogP contribution in [0.1, 0.15) is 18.4 Å². The summed E-state index contributed by atoms with van der Waals surface area (Å²) in [6.07, 6.45) is 1.06. The van der Waals surface area contributed by atoms with E-state index in [-0.39, 0.29) is 5.82 Å². The average Bonchev–Trinajstić information content (AvgIpc) is 2.84. The molecule has 0 radical (unpaired) electrons. The van der Waals surface area contributed by atoms with Crippen LogP contribution in [-0.2, 0) is 6.54 Å². The van der Waals surface area contributed by atoms with Crippen LogP contribution >= 0.6 is 11.3 Å². The maximum absolute atomic E-state index is 12.9. The van der Waals surface area contributed by atoms with Gasteiger partial charge in [-0.2, -0.15) is 0 Å². The summed E-state index contributed by atoms with van der Waals surface area (Å²) in [4.78, 5) is 2.02. The predicted octanol–water partition coefficient (Wildman–Crippen LogP) is 3.14. The third kappa shape index (κ3) is 3.89. The Hall–Kier alpha value is -1.69. The van der Waals surface area contributed by atoms with E-state index in [9.17, 15) is 4.39 Å². The number of anilines is 2. The summed E-state index contributed by atoms with van der Waals surface area (Å²) >= 11 is 1.55. The number of nitrogens with zero attached hydrogens (tertiary/aromatic N) is 3. The molecular formula is C13H17FN4S. The molecule has 0 aliphatic carbocycles. The molecule has 2 rings (SSSR count). The van der Waals surface area contributed by atoms with E-state index in [1.165, 1.54) is 12.1 Å². The molecule has 1 aromatic carbocycles. The van der Waals surface area contributed by atoms with Crippen molar-refractivity contribution in [2.24, 2.45) is 0 Å². The molecule has 0 amide bonds. The molecule has 0 spiro atoms. The van der Waals surface area contributed by atoms with Crippen LogP contribution in [0.3, 0.4) is 0 Å². The summed E-state index contributed by atoms with van der Waals surface area (Å²) in [6.45, 7) is 3.68. The van der Waals surface area contributed by atoms with Crippen molar-refractivity contribution in [1.29, 1.82) is 0 Å². The zero-order valence-corrected chi connectivity index (χ0v) is 11.9. The topological polar surface area (TPSA) is 41.1 Å². The van der Waals surface area contributed by atoms with Gasteiger partial charge in [-0.15, -0.1) is 10.2 Å². The average molecular weight is 280 g/mol. The van der Waals surface area contributed by atoms with Crippen molar-refractivity contribution < 1.29 is 4.39 Å². The van der Waals surface area contributed by atoms with Crippen LogP contribution in [0.15, 0.2) is 24.3 Å². The van der Waals surface area contributed by atoms with Gasteiger partial charge in [-0.25, -0.2) is 4.39 Å². The Morgan fingerprint density at radius 3 is 2.68 bits per heavy atom. The van der Waals surface area contributed by atoms with Gasteiger partial charge in [0.1, 0.15) is 10.8 Å². The molecule has 6 heteroatoms. The van der Waals surface area contributed by atoms with E-state index >= 15 is 0 Å². The monoisotopic (exact) mass is 280 g/mol. The Balaban J connectivity index is 1.96. The fraction of sp³-hybridized carbons (Fsp3) is 0.385. The highest BCUT2D eigenvalue weighted by Crippen LogP contribution is 2.20. The van der Waals surface area contributed by atoms with Crippen LogP contribution in [0, 0.1) is 5.82 Å². The molecule has 0 saturated heterocycles. The van der Waals surface area contributed by atoms with E-state index in [0.717, 1.165) is 28.8 Å². The van der Waals surface area contributed by atoms with E-state index < -0.39 is 0 Å². The Morgan fingerprint density at radius 1 is 1.26 bits per heavy atom. The summed E-state index contributed by atoms with van der Waals surface area (Å²) in [6, 6.07) is 6.43. The van der Waals surface area contributed by atoms with Crippen molar-refractivity contribution in [3.63, 3.8) is 0 Å². The fourth-order valence-corrected chi connectivity index (χ4v) is 2.43. The van der Waals surface area contributed by atoms with Crippen molar-refractivity contribution in [2.45, 2.75) is 19.9 Å². The molecule has 2 aromatic rings. The van der Waals surface area contributed by atoms with Gasteiger partial charge < -0.3 is 10.2 Å². The first-order valence-electron chi connectivity index (χ1n) is 6.22. The van der Waals surface area contributed by atoms with Gasteiger partial charge in [-0.1, -0.05) is 18.3 Å². The second-order valence-corrected chi connectivity index (χ2v) is 5.32. The summed E-state index contributed by atoms with van der Waals surface area (Å²) < 4.78 is 12.9. The Bertz CT molecular complexity index is 512. The largest absolute Gasteiger partial charge is 0.368 e. The van der Waals surface area contributed by atoms with Crippen LogP contribution < -0.4 is 10.2 Å². The minimum atomic E-state index is -0.223. The number of rotatable bonds is 6. The van der Waals surface area contributed by atoms with Gasteiger partial charge in [0.15, 0.2) is 0 Å². The Morgan fingerprint density at radius 2 is 2.00 bits per heavy atom. The van der Waals surface area contributed by atoms with Crippen LogP contribution in [0.5, 0.6) is 0 Å². The predicted molar refractivity (Wildman–Crippen MR) is 77.2 cm³/mol. The third-order valence-electron chi connectivity index (χ3n) is 2.63. The highest BCUT2D eigenvalue weighted by molar-refractivity contribution is 7.15. The van der Waals surface area contributed by atoms with E-state index in [0.29, 0.717) is 6.54 Å². The number of halogens is 1. The SMILES string of the molecule is CCCNc1nnc(CN(C)c2ccc(F)cc2)s1. The molecule has 1 heterocycles. The highest BCUT2D eigenvalue weighted by atomic mass is 32.1. The van der Waals surface area contributed by atoms with E-state index in [2.05, 4.69) is 22.4 Å². The second kappa shape index (κ2) is 6.47. The number of aromatic nitrogens is 2. The van der Waals surface area contributed by atoms with Gasteiger partial charge in [-0.3, -0.25) is 0 Å². The van der Waals surface area contributed by atoms with E-state index in [1.54, 1.807) is 23.5 Å². The molecule has 0 aliphatic rings. The standard InChI is InChI=1S/C13H17FN4S/c1-3-8-15-13-17-16-12(19-13)9-18(2)11-6-4-10(14)5-7-11/h4-7H,3,8-9H2,1-2H3,(H,15,17). The van der Waals surface area contributed by atoms with Crippen molar-refractivity contribution in [2.75, 3.05) is 23.8 Å². The van der Waals surface area contributed by atoms with Gasteiger partial charge in [0.2, 0.25) is 5.13 Å². The van der Waals surface area contributed by atoms with Crippen molar-refractivity contribution in [1.82, 2.24) is 10.2 Å². The summed E-state index contributed by atoms with van der Waals surface area (Å²) in [5.41, 5.74) is 0.958. The number of hydrogen-bond acceptors (Lipinski definition) is 5. The van der Waals surface area contributed by atoms with Crippen LogP contribution in [0.4, 0.5) is 15.2 Å². The molecule has 1 N–H and O–H groups in total. The van der Waals surface area contributed by atoms with E-state index in [1.807, 2.05) is 11.9 Å². The second-order valence-electron chi connectivity index (χ2n) is 4.26. The molecule has 0 aliphatic heterocycles. The number of nitrogens with one attached hydrogen (secondary N) is 1. The first kappa shape index (κ1) is 13.7. The molecule has 1 aromatic heterocycles. The molecular weight excluding hydrogens is 263 g/mol. The van der Waals surface area contributed by atoms with Crippen molar-refractivity contribution in [3.8, 4) is 0 Å². The first-order chi connectivity index (χ1) is 9.19. The molecule has 19 heavy (non-hydrogen) atoms. The Kier molecular flexibility index (Phi) is 4.68. The molecule has 0 saturated carbocycles. The fourth-order valence-electron chi connectivity index (χ4n) is 1.61. The summed E-state index contributed by atoms with van der Waals surface area (Å²) in [5.74, 6) is -0.223. The zero-order valence-electron chi connectivity index (χ0n) is 11.1. The van der Waals surface area contributed by atoms with Gasteiger partial charge in [-0.05, 0) is 30.7 Å². The minimum Gasteiger partial charge on any atom is -0.368 e. The molecule has 0 fully saturated rings. The Labute approximate surface area is 116 Å². The quantitative estimate of drug-likeness (QED) is 0.882. The van der Waals surface area contributed by atoms with Crippen molar-refractivity contribution >= 4 is 22.2 Å². The van der Waals surface area contributed by atoms with Gasteiger partial charge in [0, 0.05) is 19.3 Å². The lowest BCUT2D eigenvalue weighted by Crippen LogP contribution is -2.16. The number of benzene rings is 1. The zero-order chi connectivity index (χ0) is 13.7.